The van der Waals surface area contributed by atoms with E-state index in [1.54, 1.807) is 6.20 Å². The molecule has 7 nitrogen and oxygen atoms in total. The van der Waals surface area contributed by atoms with E-state index in [1.165, 1.54) is 0 Å². The van der Waals surface area contributed by atoms with Crippen molar-refractivity contribution in [1.82, 2.24) is 19.9 Å². The molecule has 2 atom stereocenters. The number of aryl methyl sites for hydroxylation is 1. The van der Waals surface area contributed by atoms with E-state index in [-0.39, 0.29) is 11.8 Å². The second-order valence-corrected chi connectivity index (χ2v) is 8.13. The maximum atomic E-state index is 12.0. The molecule has 0 bridgehead atoms. The molecule has 0 saturated heterocycles. The normalized spacial score (nSPS) is 18.7. The van der Waals surface area contributed by atoms with Gasteiger partial charge in [-0.3, -0.25) is 5.32 Å². The number of aromatic nitrogens is 4. The molecule has 1 amide bonds. The van der Waals surface area contributed by atoms with Gasteiger partial charge in [0, 0.05) is 41.0 Å². The van der Waals surface area contributed by atoms with Crippen LogP contribution in [-0.4, -0.2) is 31.6 Å². The fraction of sp³-hybridized carbons (Fsp3) is 0.381. The summed E-state index contributed by atoms with van der Waals surface area (Å²) in [4.78, 5) is 30.2. The zero-order chi connectivity index (χ0) is 19.9. The monoisotopic (exact) mass is 377 g/mol. The molecule has 1 aliphatic rings. The van der Waals surface area contributed by atoms with Crippen LogP contribution < -0.4 is 5.32 Å². The van der Waals surface area contributed by atoms with Crippen molar-refractivity contribution < 1.29 is 9.53 Å². The van der Waals surface area contributed by atoms with E-state index in [4.69, 9.17) is 9.72 Å². The Kier molecular flexibility index (Phi) is 4.45. The van der Waals surface area contributed by atoms with E-state index >= 15 is 0 Å². The molecule has 1 N–H and O–H groups in total. The summed E-state index contributed by atoms with van der Waals surface area (Å²) >= 11 is 0. The summed E-state index contributed by atoms with van der Waals surface area (Å²) < 4.78 is 5.30. The molecule has 2 aromatic heterocycles. The standard InChI is InChI=1S/C21H23N5O2/c1-12-7-8-22-18(24-12)15-10-16(15)19-23-11-13-5-6-14(9-17(13)26-19)25-20(27)28-21(2,3)4/h5-9,11,15-16H,10H2,1-4H3,(H,25,27)/t15-,16-/m0/s1. The number of hydrogen-bond acceptors (Lipinski definition) is 6. The average Bonchev–Trinajstić information content (AvgIpc) is 3.40. The van der Waals surface area contributed by atoms with Crippen LogP contribution in [0.5, 0.6) is 0 Å². The summed E-state index contributed by atoms with van der Waals surface area (Å²) in [7, 11) is 0. The van der Waals surface area contributed by atoms with Gasteiger partial charge in [0.25, 0.3) is 0 Å². The molecule has 0 radical (unpaired) electrons. The Bertz CT molecular complexity index is 1040. The predicted molar refractivity (Wildman–Crippen MR) is 106 cm³/mol. The van der Waals surface area contributed by atoms with Crippen molar-refractivity contribution in [2.24, 2.45) is 0 Å². The minimum Gasteiger partial charge on any atom is -0.444 e. The molecule has 2 heterocycles. The van der Waals surface area contributed by atoms with E-state index in [1.807, 2.05) is 58.2 Å². The maximum Gasteiger partial charge on any atom is 0.412 e. The van der Waals surface area contributed by atoms with Crippen molar-refractivity contribution in [3.63, 3.8) is 0 Å². The quantitative estimate of drug-likeness (QED) is 0.730. The van der Waals surface area contributed by atoms with Crippen LogP contribution in [-0.2, 0) is 4.74 Å². The minimum absolute atomic E-state index is 0.230. The van der Waals surface area contributed by atoms with E-state index in [2.05, 4.69) is 20.3 Å². The molecule has 4 rings (SSSR count). The molecule has 0 aliphatic heterocycles. The Labute approximate surface area is 163 Å². The zero-order valence-electron chi connectivity index (χ0n) is 16.4. The lowest BCUT2D eigenvalue weighted by atomic mass is 10.2. The van der Waals surface area contributed by atoms with Gasteiger partial charge in [0.15, 0.2) is 0 Å². The van der Waals surface area contributed by atoms with Gasteiger partial charge in [-0.05, 0) is 58.4 Å². The Morgan fingerprint density at radius 1 is 1.11 bits per heavy atom. The highest BCUT2D eigenvalue weighted by molar-refractivity contribution is 5.89. The highest BCUT2D eigenvalue weighted by atomic mass is 16.6. The van der Waals surface area contributed by atoms with Crippen LogP contribution in [0.15, 0.2) is 36.7 Å². The zero-order valence-corrected chi connectivity index (χ0v) is 16.4. The number of rotatable bonds is 3. The van der Waals surface area contributed by atoms with Crippen molar-refractivity contribution >= 4 is 22.7 Å². The van der Waals surface area contributed by atoms with Gasteiger partial charge in [0.2, 0.25) is 0 Å². The lowest BCUT2D eigenvalue weighted by Crippen LogP contribution is -2.27. The summed E-state index contributed by atoms with van der Waals surface area (Å²) in [6.07, 6.45) is 4.08. The molecular weight excluding hydrogens is 354 g/mol. The molecule has 0 spiro atoms. The molecule has 144 valence electrons. The number of benzene rings is 1. The van der Waals surface area contributed by atoms with Crippen LogP contribution in [0.2, 0.25) is 0 Å². The summed E-state index contributed by atoms with van der Waals surface area (Å²) in [5.74, 6) is 2.14. The van der Waals surface area contributed by atoms with Crippen LogP contribution in [0.4, 0.5) is 10.5 Å². The number of nitrogens with one attached hydrogen (secondary N) is 1. The number of anilines is 1. The van der Waals surface area contributed by atoms with Gasteiger partial charge in [-0.1, -0.05) is 0 Å². The van der Waals surface area contributed by atoms with Crippen molar-refractivity contribution in [2.75, 3.05) is 5.32 Å². The van der Waals surface area contributed by atoms with Crippen LogP contribution in [0, 0.1) is 6.92 Å². The molecular formula is C21H23N5O2. The number of hydrogen-bond donors (Lipinski definition) is 1. The Hall–Kier alpha value is -3.09. The Morgan fingerprint density at radius 3 is 2.57 bits per heavy atom. The first kappa shape index (κ1) is 18.3. The van der Waals surface area contributed by atoms with Gasteiger partial charge in [0.05, 0.1) is 5.52 Å². The van der Waals surface area contributed by atoms with Gasteiger partial charge in [-0.2, -0.15) is 0 Å². The molecule has 1 fully saturated rings. The third kappa shape index (κ3) is 4.08. The first-order valence-electron chi connectivity index (χ1n) is 9.35. The van der Waals surface area contributed by atoms with Crippen molar-refractivity contribution in [3.05, 3.63) is 54.0 Å². The first-order valence-corrected chi connectivity index (χ1v) is 9.35. The molecule has 7 heteroatoms. The predicted octanol–water partition coefficient (Wildman–Crippen LogP) is 4.35. The Balaban J connectivity index is 1.53. The number of amides is 1. The first-order chi connectivity index (χ1) is 13.3. The third-order valence-corrected chi connectivity index (χ3v) is 4.51. The summed E-state index contributed by atoms with van der Waals surface area (Å²) in [5.41, 5.74) is 1.85. The van der Waals surface area contributed by atoms with Crippen molar-refractivity contribution in [1.29, 1.82) is 0 Å². The molecule has 28 heavy (non-hydrogen) atoms. The molecule has 0 unspecified atom stereocenters. The van der Waals surface area contributed by atoms with Gasteiger partial charge in [-0.15, -0.1) is 0 Å². The fourth-order valence-corrected chi connectivity index (χ4v) is 3.13. The number of carbonyl (C=O) groups is 1. The molecule has 1 aromatic carbocycles. The summed E-state index contributed by atoms with van der Waals surface area (Å²) in [5, 5.41) is 3.67. The Morgan fingerprint density at radius 2 is 1.86 bits per heavy atom. The number of carbonyl (C=O) groups excluding carboxylic acids is 1. The largest absolute Gasteiger partial charge is 0.444 e. The van der Waals surface area contributed by atoms with Crippen molar-refractivity contribution in [2.45, 2.75) is 51.6 Å². The van der Waals surface area contributed by atoms with E-state index in [0.29, 0.717) is 5.69 Å². The number of ether oxygens (including phenoxy) is 1. The lowest BCUT2D eigenvalue weighted by molar-refractivity contribution is 0.0636. The lowest BCUT2D eigenvalue weighted by Gasteiger charge is -2.19. The highest BCUT2D eigenvalue weighted by Crippen LogP contribution is 2.52. The second kappa shape index (κ2) is 6.82. The highest BCUT2D eigenvalue weighted by Gasteiger charge is 2.44. The van der Waals surface area contributed by atoms with E-state index in [9.17, 15) is 4.79 Å². The fourth-order valence-electron chi connectivity index (χ4n) is 3.13. The topological polar surface area (TPSA) is 89.9 Å². The SMILES string of the molecule is Cc1ccnc([C@H]2C[C@@H]2c2ncc3ccc(NC(=O)OC(C)(C)C)cc3n2)n1. The van der Waals surface area contributed by atoms with Gasteiger partial charge >= 0.3 is 6.09 Å². The molecule has 3 aromatic rings. The van der Waals surface area contributed by atoms with Gasteiger partial charge in [-0.25, -0.2) is 24.7 Å². The van der Waals surface area contributed by atoms with Crippen LogP contribution >= 0.6 is 0 Å². The summed E-state index contributed by atoms with van der Waals surface area (Å²) in [6, 6.07) is 7.44. The smallest absolute Gasteiger partial charge is 0.412 e. The number of fused-ring (bicyclic) bond motifs is 1. The minimum atomic E-state index is -0.547. The third-order valence-electron chi connectivity index (χ3n) is 4.51. The average molecular weight is 377 g/mol. The van der Waals surface area contributed by atoms with Crippen LogP contribution in [0.1, 0.15) is 56.4 Å². The van der Waals surface area contributed by atoms with Gasteiger partial charge < -0.3 is 4.74 Å². The van der Waals surface area contributed by atoms with Crippen LogP contribution in [0.25, 0.3) is 10.9 Å². The van der Waals surface area contributed by atoms with Crippen LogP contribution in [0.3, 0.4) is 0 Å². The number of nitrogens with zero attached hydrogens (tertiary/aromatic N) is 4. The van der Waals surface area contributed by atoms with E-state index in [0.717, 1.165) is 34.7 Å². The second-order valence-electron chi connectivity index (χ2n) is 8.13. The maximum absolute atomic E-state index is 12.0. The molecule has 1 saturated carbocycles. The molecule has 1 aliphatic carbocycles. The van der Waals surface area contributed by atoms with Gasteiger partial charge in [0.1, 0.15) is 17.2 Å². The van der Waals surface area contributed by atoms with Crippen molar-refractivity contribution in [3.8, 4) is 0 Å². The van der Waals surface area contributed by atoms with E-state index < -0.39 is 11.7 Å². The summed E-state index contributed by atoms with van der Waals surface area (Å²) in [6.45, 7) is 7.46.